The van der Waals surface area contributed by atoms with E-state index in [0.29, 0.717) is 19.4 Å². The highest BCUT2D eigenvalue weighted by Crippen LogP contribution is 2.27. The fourth-order valence-electron chi connectivity index (χ4n) is 3.28. The molecule has 0 aliphatic carbocycles. The van der Waals surface area contributed by atoms with E-state index >= 15 is 0 Å². The molecular formula is C19H26FN5O3S. The molecule has 1 aromatic rings. The number of hydrogen-bond acceptors (Lipinski definition) is 4. The monoisotopic (exact) mass is 423 g/mol. The second-order valence-electron chi connectivity index (χ2n) is 6.89. The molecule has 0 aromatic heterocycles. The Hall–Kier alpha value is -2.75. The van der Waals surface area contributed by atoms with E-state index in [4.69, 9.17) is 12.2 Å². The molecule has 4 amide bonds. The molecule has 4 N–H and O–H groups in total. The number of rotatable bonds is 8. The van der Waals surface area contributed by atoms with Gasteiger partial charge in [-0.1, -0.05) is 38.8 Å². The Kier molecular flexibility index (Phi) is 7.89. The van der Waals surface area contributed by atoms with E-state index in [1.54, 1.807) is 12.1 Å². The highest BCUT2D eigenvalue weighted by atomic mass is 32.1. The normalized spacial score (nSPS) is 15.1. The van der Waals surface area contributed by atoms with Crippen LogP contribution in [0.25, 0.3) is 0 Å². The summed E-state index contributed by atoms with van der Waals surface area (Å²) in [5.41, 5.74) is 4.76. The maximum Gasteiger partial charge on any atom is 0.325 e. The maximum absolute atomic E-state index is 12.9. The lowest BCUT2D eigenvalue weighted by Gasteiger charge is -2.25. The predicted octanol–water partition coefficient (Wildman–Crippen LogP) is 1.71. The van der Waals surface area contributed by atoms with Gasteiger partial charge in [-0.2, -0.15) is 0 Å². The number of carbonyl (C=O) groups excluding carboxylic acids is 3. The zero-order chi connectivity index (χ0) is 21.4. The van der Waals surface area contributed by atoms with Crippen molar-refractivity contribution in [2.45, 2.75) is 51.6 Å². The average Bonchev–Trinajstić information content (AvgIpc) is 2.90. The molecule has 0 bridgehead atoms. The Bertz CT molecular complexity index is 766. The molecule has 0 atom stereocenters. The molecule has 1 heterocycles. The number of hydrogen-bond donors (Lipinski definition) is 4. The Morgan fingerprint density at radius 2 is 1.76 bits per heavy atom. The quantitative estimate of drug-likeness (QED) is 0.288. The van der Waals surface area contributed by atoms with Crippen LogP contribution in [0, 0.1) is 5.82 Å². The van der Waals surface area contributed by atoms with Crippen LogP contribution in [-0.4, -0.2) is 39.9 Å². The van der Waals surface area contributed by atoms with Crippen LogP contribution < -0.4 is 21.5 Å². The van der Waals surface area contributed by atoms with Crippen molar-refractivity contribution in [3.63, 3.8) is 0 Å². The lowest BCUT2D eigenvalue weighted by molar-refractivity contribution is -0.135. The van der Waals surface area contributed by atoms with E-state index in [9.17, 15) is 18.8 Å². The lowest BCUT2D eigenvalue weighted by Crippen LogP contribution is -2.51. The highest BCUT2D eigenvalue weighted by molar-refractivity contribution is 7.80. The van der Waals surface area contributed by atoms with E-state index in [-0.39, 0.29) is 16.8 Å². The lowest BCUT2D eigenvalue weighted by atomic mass is 9.88. The van der Waals surface area contributed by atoms with Crippen molar-refractivity contribution in [1.82, 2.24) is 26.4 Å². The fraction of sp³-hybridized carbons (Fsp3) is 0.474. The Morgan fingerprint density at radius 3 is 2.34 bits per heavy atom. The summed E-state index contributed by atoms with van der Waals surface area (Å²) in [4.78, 5) is 38.1. The van der Waals surface area contributed by atoms with Gasteiger partial charge < -0.3 is 10.6 Å². The van der Waals surface area contributed by atoms with Gasteiger partial charge in [-0.05, 0) is 42.8 Å². The first-order valence-electron chi connectivity index (χ1n) is 9.52. The van der Waals surface area contributed by atoms with Crippen molar-refractivity contribution in [3.8, 4) is 0 Å². The van der Waals surface area contributed by atoms with Gasteiger partial charge in [0.2, 0.25) is 0 Å². The minimum atomic E-state index is -0.930. The second-order valence-corrected chi connectivity index (χ2v) is 7.29. The van der Waals surface area contributed by atoms with Crippen molar-refractivity contribution in [3.05, 3.63) is 35.6 Å². The Labute approximate surface area is 174 Å². The summed E-state index contributed by atoms with van der Waals surface area (Å²) < 4.78 is 12.9. The molecule has 1 aromatic carbocycles. The number of nitrogens with zero attached hydrogens (tertiary/aromatic N) is 1. The standard InChI is InChI=1S/C19H26FN5O3S/c1-3-9-19(10-4-2)16(27)25(18(28)22-19)12-15(26)23-24-17(29)21-11-13-5-7-14(20)8-6-13/h5-8H,3-4,9-12H2,1-2H3,(H,22,28)(H,23,26)(H2,21,24,29). The van der Waals surface area contributed by atoms with Gasteiger partial charge >= 0.3 is 6.03 Å². The summed E-state index contributed by atoms with van der Waals surface area (Å²) in [6.45, 7) is 3.81. The molecule has 0 radical (unpaired) electrons. The van der Waals surface area contributed by atoms with Crippen LogP contribution in [0.5, 0.6) is 0 Å². The smallest absolute Gasteiger partial charge is 0.325 e. The largest absolute Gasteiger partial charge is 0.357 e. The van der Waals surface area contributed by atoms with Crippen molar-refractivity contribution in [2.75, 3.05) is 6.54 Å². The third-order valence-corrected chi connectivity index (χ3v) is 4.83. The van der Waals surface area contributed by atoms with E-state index in [2.05, 4.69) is 21.5 Å². The number of carbonyl (C=O) groups is 3. The van der Waals surface area contributed by atoms with Crippen molar-refractivity contribution in [1.29, 1.82) is 0 Å². The number of thiocarbonyl (C=S) groups is 1. The van der Waals surface area contributed by atoms with Crippen LogP contribution in [0.15, 0.2) is 24.3 Å². The van der Waals surface area contributed by atoms with E-state index in [0.717, 1.165) is 23.3 Å². The second kappa shape index (κ2) is 10.1. The van der Waals surface area contributed by atoms with Crippen molar-refractivity contribution in [2.24, 2.45) is 0 Å². The first kappa shape index (κ1) is 22.5. The summed E-state index contributed by atoms with van der Waals surface area (Å²) in [6.07, 6.45) is 2.53. The predicted molar refractivity (Wildman–Crippen MR) is 110 cm³/mol. The number of urea groups is 1. The molecule has 29 heavy (non-hydrogen) atoms. The van der Waals surface area contributed by atoms with Crippen LogP contribution in [0.1, 0.15) is 45.1 Å². The maximum atomic E-state index is 12.9. The van der Waals surface area contributed by atoms with Gasteiger partial charge in [0.05, 0.1) is 0 Å². The van der Waals surface area contributed by atoms with Gasteiger partial charge in [-0.15, -0.1) is 0 Å². The molecule has 0 saturated carbocycles. The number of nitrogens with one attached hydrogen (secondary N) is 4. The van der Waals surface area contributed by atoms with Gasteiger partial charge in [-0.25, -0.2) is 9.18 Å². The number of halogens is 1. The number of imide groups is 1. The third-order valence-electron chi connectivity index (χ3n) is 4.58. The summed E-state index contributed by atoms with van der Waals surface area (Å²) in [5.74, 6) is -1.29. The first-order valence-corrected chi connectivity index (χ1v) is 9.93. The molecule has 10 heteroatoms. The highest BCUT2D eigenvalue weighted by Gasteiger charge is 2.50. The molecule has 1 aliphatic heterocycles. The number of hydrazine groups is 1. The molecule has 158 valence electrons. The number of amides is 4. The zero-order valence-corrected chi connectivity index (χ0v) is 17.3. The molecule has 1 aliphatic rings. The van der Waals surface area contributed by atoms with Crippen LogP contribution in [0.2, 0.25) is 0 Å². The van der Waals surface area contributed by atoms with E-state index < -0.39 is 24.0 Å². The average molecular weight is 424 g/mol. The molecule has 1 saturated heterocycles. The number of benzene rings is 1. The van der Waals surface area contributed by atoms with Gasteiger partial charge in [-0.3, -0.25) is 25.3 Å². The molecular weight excluding hydrogens is 397 g/mol. The summed E-state index contributed by atoms with van der Waals surface area (Å²) >= 11 is 5.06. The molecule has 0 spiro atoms. The van der Waals surface area contributed by atoms with E-state index in [1.165, 1.54) is 12.1 Å². The summed E-state index contributed by atoms with van der Waals surface area (Å²) in [5, 5.41) is 5.75. The van der Waals surface area contributed by atoms with Crippen LogP contribution in [-0.2, 0) is 16.1 Å². The summed E-state index contributed by atoms with van der Waals surface area (Å²) in [6, 6.07) is 5.33. The van der Waals surface area contributed by atoms with E-state index in [1.807, 2.05) is 13.8 Å². The Morgan fingerprint density at radius 1 is 1.14 bits per heavy atom. The summed E-state index contributed by atoms with van der Waals surface area (Å²) in [7, 11) is 0. The topological polar surface area (TPSA) is 103 Å². The van der Waals surface area contributed by atoms with Crippen LogP contribution >= 0.6 is 12.2 Å². The van der Waals surface area contributed by atoms with Crippen LogP contribution in [0.4, 0.5) is 9.18 Å². The van der Waals surface area contributed by atoms with Gasteiger partial charge in [0.15, 0.2) is 5.11 Å². The third kappa shape index (κ3) is 5.86. The van der Waals surface area contributed by atoms with Crippen LogP contribution in [0.3, 0.4) is 0 Å². The first-order chi connectivity index (χ1) is 13.8. The van der Waals surface area contributed by atoms with Gasteiger partial charge in [0.1, 0.15) is 17.9 Å². The fourth-order valence-corrected chi connectivity index (χ4v) is 3.40. The molecule has 2 rings (SSSR count). The molecule has 0 unspecified atom stereocenters. The van der Waals surface area contributed by atoms with Crippen molar-refractivity contribution >= 4 is 35.2 Å². The molecule has 8 nitrogen and oxygen atoms in total. The SMILES string of the molecule is CCCC1(CCC)NC(=O)N(CC(=O)NNC(=S)NCc2ccc(F)cc2)C1=O. The van der Waals surface area contributed by atoms with Gasteiger partial charge in [0, 0.05) is 6.54 Å². The Balaban J connectivity index is 1.82. The molecule has 1 fully saturated rings. The van der Waals surface area contributed by atoms with Crippen molar-refractivity contribution < 1.29 is 18.8 Å². The zero-order valence-electron chi connectivity index (χ0n) is 16.5. The minimum absolute atomic E-state index is 0.145. The minimum Gasteiger partial charge on any atom is -0.357 e. The van der Waals surface area contributed by atoms with Gasteiger partial charge in [0.25, 0.3) is 11.8 Å².